The number of hydrogen-bond acceptors (Lipinski definition) is 5. The first-order chi connectivity index (χ1) is 9.49. The van der Waals surface area contributed by atoms with Gasteiger partial charge in [0.05, 0.1) is 18.2 Å². The fraction of sp³-hybridized carbons (Fsp3) is 0.714. The van der Waals surface area contributed by atoms with Gasteiger partial charge in [0, 0.05) is 18.3 Å². The topological polar surface area (TPSA) is 121 Å². The molecule has 20 heavy (non-hydrogen) atoms. The van der Waals surface area contributed by atoms with Crippen molar-refractivity contribution >= 4 is 5.91 Å². The van der Waals surface area contributed by atoms with E-state index in [4.69, 9.17) is 0 Å². The maximum Gasteiger partial charge on any atom is 0.245 e. The number of fused-ring (bicyclic) bond motifs is 4. The normalized spacial score (nSPS) is 44.4. The minimum absolute atomic E-state index is 0.169. The molecule has 3 aliphatic rings. The zero-order chi connectivity index (χ0) is 14.6. The van der Waals surface area contributed by atoms with Gasteiger partial charge in [0.15, 0.2) is 10.8 Å². The van der Waals surface area contributed by atoms with Crippen molar-refractivity contribution in [2.45, 2.75) is 37.8 Å². The predicted molar refractivity (Wildman–Crippen MR) is 64.9 cm³/mol. The quantitative estimate of drug-likeness (QED) is 0.666. The monoisotopic (exact) mass is 270 g/mol. The Hall–Kier alpha value is -2.10. The van der Waals surface area contributed by atoms with Crippen LogP contribution in [0.15, 0.2) is 0 Å². The molecule has 1 heterocycles. The molecule has 0 spiro atoms. The number of amides is 1. The van der Waals surface area contributed by atoms with Crippen LogP contribution in [0, 0.1) is 56.7 Å². The van der Waals surface area contributed by atoms with Gasteiger partial charge in [-0.05, 0) is 12.8 Å². The number of rotatable bonds is 0. The molecule has 102 valence electrons. The third-order valence-corrected chi connectivity index (χ3v) is 5.40. The lowest BCUT2D eigenvalue weighted by atomic mass is 9.47. The van der Waals surface area contributed by atoms with Crippen LogP contribution in [0.3, 0.4) is 0 Å². The van der Waals surface area contributed by atoms with Crippen LogP contribution in [0.2, 0.25) is 0 Å². The highest BCUT2D eigenvalue weighted by atomic mass is 16.3. The van der Waals surface area contributed by atoms with Crippen molar-refractivity contribution < 1.29 is 9.90 Å². The smallest absolute Gasteiger partial charge is 0.245 e. The molecular weight excluding hydrogens is 256 g/mol. The molecule has 0 aromatic carbocycles. The highest BCUT2D eigenvalue weighted by Gasteiger charge is 2.76. The highest BCUT2D eigenvalue weighted by Crippen LogP contribution is 2.64. The second-order valence-corrected chi connectivity index (χ2v) is 6.10. The Labute approximate surface area is 116 Å². The van der Waals surface area contributed by atoms with Crippen LogP contribution < -0.4 is 5.32 Å². The summed E-state index contributed by atoms with van der Waals surface area (Å²) in [6.45, 7) is 0. The summed E-state index contributed by atoms with van der Waals surface area (Å²) >= 11 is 0. The van der Waals surface area contributed by atoms with Crippen molar-refractivity contribution in [3.8, 4) is 18.2 Å². The number of nitriles is 3. The third kappa shape index (κ3) is 1.13. The first-order valence-electron chi connectivity index (χ1n) is 6.78. The molecule has 2 aliphatic carbocycles. The van der Waals surface area contributed by atoms with Gasteiger partial charge in [0.25, 0.3) is 0 Å². The maximum absolute atomic E-state index is 12.3. The summed E-state index contributed by atoms with van der Waals surface area (Å²) in [6.07, 6.45) is 2.82. The van der Waals surface area contributed by atoms with E-state index in [0.29, 0.717) is 12.8 Å². The lowest BCUT2D eigenvalue weighted by Gasteiger charge is -2.51. The number of carbonyl (C=O) groups excluding carboxylic acids is 1. The summed E-state index contributed by atoms with van der Waals surface area (Å²) in [5.74, 6) is -1.45. The zero-order valence-electron chi connectivity index (χ0n) is 10.9. The van der Waals surface area contributed by atoms with Crippen molar-refractivity contribution in [2.24, 2.45) is 22.7 Å². The summed E-state index contributed by atoms with van der Waals surface area (Å²) in [4.78, 5) is 12.3. The van der Waals surface area contributed by atoms with Crippen LogP contribution >= 0.6 is 0 Å². The first kappa shape index (κ1) is 12.9. The van der Waals surface area contributed by atoms with E-state index in [1.54, 1.807) is 0 Å². The van der Waals surface area contributed by atoms with Crippen LogP contribution in [0.25, 0.3) is 0 Å². The van der Waals surface area contributed by atoms with Gasteiger partial charge in [-0.1, -0.05) is 12.8 Å². The van der Waals surface area contributed by atoms with Crippen molar-refractivity contribution in [1.29, 1.82) is 15.8 Å². The Kier molecular flexibility index (Phi) is 2.40. The van der Waals surface area contributed by atoms with Crippen LogP contribution in [0.4, 0.5) is 0 Å². The molecular formula is C14H14N4O2. The molecule has 0 aromatic rings. The molecule has 1 amide bonds. The summed E-state index contributed by atoms with van der Waals surface area (Å²) in [5, 5.41) is 41.9. The Morgan fingerprint density at radius 1 is 1.10 bits per heavy atom. The summed E-state index contributed by atoms with van der Waals surface area (Å²) in [7, 11) is 0. The second-order valence-electron chi connectivity index (χ2n) is 6.10. The third-order valence-electron chi connectivity index (χ3n) is 5.40. The van der Waals surface area contributed by atoms with E-state index < -0.39 is 28.4 Å². The maximum atomic E-state index is 12.3. The van der Waals surface area contributed by atoms with E-state index in [1.807, 2.05) is 18.2 Å². The molecule has 3 rings (SSSR count). The fourth-order valence-electron chi connectivity index (χ4n) is 4.47. The molecule has 6 nitrogen and oxygen atoms in total. The van der Waals surface area contributed by atoms with Gasteiger partial charge >= 0.3 is 0 Å². The van der Waals surface area contributed by atoms with Crippen molar-refractivity contribution in [2.75, 3.05) is 0 Å². The lowest BCUT2D eigenvalue weighted by Crippen LogP contribution is -2.59. The number of hydrogen-bond donors (Lipinski definition) is 2. The molecule has 3 fully saturated rings. The number of nitrogens with one attached hydrogen (secondary N) is 1. The summed E-state index contributed by atoms with van der Waals surface area (Å²) < 4.78 is 0. The van der Waals surface area contributed by atoms with E-state index in [-0.39, 0.29) is 12.3 Å². The SMILES string of the molecule is N#CC1(C#N)[C@@H]2CCCC[C@@H]2[C@@]2(O)C[C@]1(C#N)C(=O)N2. The van der Waals surface area contributed by atoms with Crippen LogP contribution in [-0.2, 0) is 4.79 Å². The predicted octanol–water partition coefficient (Wildman–Crippen LogP) is 0.558. The molecule has 0 unspecified atom stereocenters. The van der Waals surface area contributed by atoms with Crippen molar-refractivity contribution in [3.05, 3.63) is 0 Å². The second kappa shape index (κ2) is 3.72. The average Bonchev–Trinajstić information content (AvgIpc) is 2.71. The molecule has 1 aliphatic heterocycles. The first-order valence-corrected chi connectivity index (χ1v) is 6.78. The van der Waals surface area contributed by atoms with E-state index in [1.165, 1.54) is 0 Å². The zero-order valence-corrected chi connectivity index (χ0v) is 10.9. The van der Waals surface area contributed by atoms with E-state index in [9.17, 15) is 25.7 Å². The Balaban J connectivity index is 2.27. The van der Waals surface area contributed by atoms with Gasteiger partial charge in [-0.3, -0.25) is 4.79 Å². The highest BCUT2D eigenvalue weighted by molar-refractivity contribution is 5.91. The van der Waals surface area contributed by atoms with E-state index in [2.05, 4.69) is 5.32 Å². The van der Waals surface area contributed by atoms with E-state index >= 15 is 0 Å². The molecule has 0 aromatic heterocycles. The molecule has 6 heteroatoms. The van der Waals surface area contributed by atoms with Crippen LogP contribution in [0.1, 0.15) is 32.1 Å². The molecule has 2 saturated carbocycles. The van der Waals surface area contributed by atoms with E-state index in [0.717, 1.165) is 12.8 Å². The number of carbonyl (C=O) groups is 1. The standard InChI is InChI=1S/C14H14N4O2/c15-6-12-5-14(20,18-11(12)19)10-4-2-1-3-9(10)13(12,7-16)8-17/h9-10,20H,1-5H2,(H,18,19)/t9-,10+,12+,14+/m1/s1. The number of nitrogens with zero attached hydrogens (tertiary/aromatic N) is 3. The minimum Gasteiger partial charge on any atom is -0.371 e. The summed E-state index contributed by atoms with van der Waals surface area (Å²) in [5.41, 5.74) is -4.88. The van der Waals surface area contributed by atoms with Gasteiger partial charge in [0.2, 0.25) is 5.91 Å². The lowest BCUT2D eigenvalue weighted by molar-refractivity contribution is -0.132. The van der Waals surface area contributed by atoms with Crippen molar-refractivity contribution in [3.63, 3.8) is 0 Å². The molecule has 2 bridgehead atoms. The molecule has 2 N–H and O–H groups in total. The van der Waals surface area contributed by atoms with Gasteiger partial charge in [-0.15, -0.1) is 0 Å². The fourth-order valence-corrected chi connectivity index (χ4v) is 4.47. The molecule has 0 radical (unpaired) electrons. The average molecular weight is 270 g/mol. The molecule has 4 atom stereocenters. The Morgan fingerprint density at radius 3 is 2.25 bits per heavy atom. The van der Waals surface area contributed by atoms with Gasteiger partial charge in [0.1, 0.15) is 5.72 Å². The van der Waals surface area contributed by atoms with Crippen molar-refractivity contribution in [1.82, 2.24) is 5.32 Å². The largest absolute Gasteiger partial charge is 0.371 e. The van der Waals surface area contributed by atoms with Gasteiger partial charge in [-0.2, -0.15) is 15.8 Å². The number of aliphatic hydroxyl groups is 1. The van der Waals surface area contributed by atoms with Crippen LogP contribution in [-0.4, -0.2) is 16.7 Å². The Bertz CT molecular complexity index is 596. The van der Waals surface area contributed by atoms with Crippen LogP contribution in [0.5, 0.6) is 0 Å². The minimum atomic E-state index is -1.76. The molecule has 1 saturated heterocycles. The van der Waals surface area contributed by atoms with Gasteiger partial charge in [-0.25, -0.2) is 0 Å². The van der Waals surface area contributed by atoms with Gasteiger partial charge < -0.3 is 10.4 Å². The summed E-state index contributed by atoms with van der Waals surface area (Å²) in [6, 6.07) is 5.85. The Morgan fingerprint density at radius 2 is 1.70 bits per heavy atom.